The molecule has 2 fully saturated rings. The molecular formula is C33H41N3O5S. The number of aromatic nitrogens is 1. The van der Waals surface area contributed by atoms with Crippen LogP contribution in [-0.2, 0) is 33.7 Å². The predicted octanol–water partition coefficient (Wildman–Crippen LogP) is 5.12. The number of benzene rings is 2. The first-order chi connectivity index (χ1) is 20.4. The van der Waals surface area contributed by atoms with Gasteiger partial charge < -0.3 is 29.1 Å². The SMILES string of the molecule is Cc1ccc(OCc2ccc3c(c2C)CCN(CC2COCCO2)CC3)c(-c2csc(N3CCC[C@H](C(=O)O)C3)n2)c1. The van der Waals surface area contributed by atoms with Crippen LogP contribution in [0, 0.1) is 19.8 Å². The zero-order valence-electron chi connectivity index (χ0n) is 24.6. The van der Waals surface area contributed by atoms with Crippen LogP contribution in [0.1, 0.15) is 40.7 Å². The second-order valence-electron chi connectivity index (χ2n) is 11.8. The molecule has 0 bridgehead atoms. The highest BCUT2D eigenvalue weighted by Crippen LogP contribution is 2.36. The van der Waals surface area contributed by atoms with Crippen LogP contribution in [0.25, 0.3) is 11.3 Å². The highest BCUT2D eigenvalue weighted by atomic mass is 32.1. The number of ether oxygens (including phenoxy) is 3. The Morgan fingerprint density at radius 2 is 2.02 bits per heavy atom. The molecular weight excluding hydrogens is 550 g/mol. The fourth-order valence-corrected chi connectivity index (χ4v) is 7.25. The lowest BCUT2D eigenvalue weighted by Gasteiger charge is -2.30. The molecule has 8 nitrogen and oxygen atoms in total. The summed E-state index contributed by atoms with van der Waals surface area (Å²) in [7, 11) is 0. The molecule has 1 aromatic heterocycles. The van der Waals surface area contributed by atoms with Crippen molar-refractivity contribution in [2.75, 3.05) is 57.4 Å². The van der Waals surface area contributed by atoms with Crippen molar-refractivity contribution in [3.63, 3.8) is 0 Å². The van der Waals surface area contributed by atoms with Crippen molar-refractivity contribution in [3.05, 3.63) is 63.5 Å². The average molecular weight is 592 g/mol. The first-order valence-electron chi connectivity index (χ1n) is 15.1. The van der Waals surface area contributed by atoms with Gasteiger partial charge in [-0.3, -0.25) is 4.79 Å². The summed E-state index contributed by atoms with van der Waals surface area (Å²) in [6.45, 7) is 11.2. The maximum atomic E-state index is 11.6. The quantitative estimate of drug-likeness (QED) is 0.387. The molecule has 0 spiro atoms. The predicted molar refractivity (Wildman–Crippen MR) is 165 cm³/mol. The van der Waals surface area contributed by atoms with Gasteiger partial charge in [-0.25, -0.2) is 4.98 Å². The minimum absolute atomic E-state index is 0.170. The van der Waals surface area contributed by atoms with E-state index >= 15 is 0 Å². The summed E-state index contributed by atoms with van der Waals surface area (Å²) in [6, 6.07) is 10.8. The number of thiazole rings is 1. The monoisotopic (exact) mass is 591 g/mol. The molecule has 3 aliphatic rings. The van der Waals surface area contributed by atoms with E-state index in [0.29, 0.717) is 33.0 Å². The number of carboxylic acid groups (broad SMARTS) is 1. The summed E-state index contributed by atoms with van der Waals surface area (Å²) in [6.07, 6.45) is 3.84. The highest BCUT2D eigenvalue weighted by Gasteiger charge is 2.27. The van der Waals surface area contributed by atoms with Crippen molar-refractivity contribution in [1.29, 1.82) is 0 Å². The van der Waals surface area contributed by atoms with Crippen molar-refractivity contribution in [2.24, 2.45) is 5.92 Å². The van der Waals surface area contributed by atoms with Gasteiger partial charge in [-0.05, 0) is 73.9 Å². The van der Waals surface area contributed by atoms with Crippen LogP contribution in [0.2, 0.25) is 0 Å². The number of aliphatic carboxylic acids is 1. The van der Waals surface area contributed by atoms with Crippen LogP contribution in [0.3, 0.4) is 0 Å². The van der Waals surface area contributed by atoms with E-state index in [2.05, 4.69) is 53.3 Å². The maximum absolute atomic E-state index is 11.6. The van der Waals surface area contributed by atoms with E-state index in [1.165, 1.54) is 22.3 Å². The van der Waals surface area contributed by atoms with Crippen LogP contribution in [-0.4, -0.2) is 79.6 Å². The van der Waals surface area contributed by atoms with E-state index < -0.39 is 5.97 Å². The molecule has 2 atom stereocenters. The Hall–Kier alpha value is -2.98. The molecule has 3 aliphatic heterocycles. The fraction of sp³-hybridized carbons (Fsp3) is 0.515. The number of piperidine rings is 1. The Labute approximate surface area is 252 Å². The lowest BCUT2D eigenvalue weighted by molar-refractivity contribution is -0.141. The Bertz CT molecular complexity index is 1400. The number of fused-ring (bicyclic) bond motifs is 1. The Balaban J connectivity index is 1.14. The van der Waals surface area contributed by atoms with E-state index in [9.17, 15) is 9.90 Å². The Morgan fingerprint density at radius 3 is 2.86 bits per heavy atom. The van der Waals surface area contributed by atoms with Gasteiger partial charge in [0.05, 0.1) is 37.5 Å². The van der Waals surface area contributed by atoms with Crippen LogP contribution in [0.15, 0.2) is 35.7 Å². The summed E-state index contributed by atoms with van der Waals surface area (Å²) in [5, 5.41) is 12.4. The maximum Gasteiger partial charge on any atom is 0.308 e. The van der Waals surface area contributed by atoms with Gasteiger partial charge in [0, 0.05) is 43.7 Å². The molecule has 9 heteroatoms. The largest absolute Gasteiger partial charge is 0.488 e. The van der Waals surface area contributed by atoms with Crippen molar-refractivity contribution in [2.45, 2.75) is 52.2 Å². The minimum Gasteiger partial charge on any atom is -0.488 e. The number of carboxylic acids is 1. The molecule has 6 rings (SSSR count). The first-order valence-corrected chi connectivity index (χ1v) is 16.0. The summed E-state index contributed by atoms with van der Waals surface area (Å²) in [4.78, 5) is 21.1. The molecule has 4 heterocycles. The van der Waals surface area contributed by atoms with Gasteiger partial charge in [-0.1, -0.05) is 23.8 Å². The standard InChI is InChI=1S/C33H41N3O5S/c1-22-5-8-31(29(16-22)30-21-42-33(34-30)36-11-3-4-25(17-36)32(37)38)41-19-26-7-6-24-9-12-35(13-10-28(24)23(26)2)18-27-20-39-14-15-40-27/h5-8,16,21,25,27H,3-4,9-15,17-20H2,1-2H3,(H,37,38)/t25-,27?/m0/s1. The van der Waals surface area contributed by atoms with Crippen LogP contribution in [0.4, 0.5) is 5.13 Å². The van der Waals surface area contributed by atoms with E-state index in [4.69, 9.17) is 19.2 Å². The Morgan fingerprint density at radius 1 is 1.14 bits per heavy atom. The molecule has 1 unspecified atom stereocenters. The van der Waals surface area contributed by atoms with Gasteiger partial charge >= 0.3 is 5.97 Å². The number of hydrogen-bond acceptors (Lipinski definition) is 8. The number of hydrogen-bond donors (Lipinski definition) is 1. The van der Waals surface area contributed by atoms with E-state index in [1.54, 1.807) is 11.3 Å². The Kier molecular flexibility index (Phi) is 9.09. The molecule has 0 radical (unpaired) electrons. The number of aryl methyl sites for hydroxylation is 1. The van der Waals surface area contributed by atoms with Crippen molar-refractivity contribution in [3.8, 4) is 17.0 Å². The van der Waals surface area contributed by atoms with Gasteiger partial charge in [-0.2, -0.15) is 0 Å². The van der Waals surface area contributed by atoms with E-state index in [0.717, 1.165) is 79.6 Å². The van der Waals surface area contributed by atoms with Crippen LogP contribution >= 0.6 is 11.3 Å². The average Bonchev–Trinajstić information content (AvgIpc) is 3.41. The number of nitrogens with zero attached hydrogens (tertiary/aromatic N) is 3. The molecule has 224 valence electrons. The normalized spacial score (nSPS) is 21.5. The van der Waals surface area contributed by atoms with Crippen LogP contribution < -0.4 is 9.64 Å². The molecule has 1 N–H and O–H groups in total. The molecule has 2 saturated heterocycles. The summed E-state index contributed by atoms with van der Waals surface area (Å²) < 4.78 is 18.0. The van der Waals surface area contributed by atoms with Crippen molar-refractivity contribution < 1.29 is 24.1 Å². The van der Waals surface area contributed by atoms with Crippen molar-refractivity contribution in [1.82, 2.24) is 9.88 Å². The molecule has 0 saturated carbocycles. The lowest BCUT2D eigenvalue weighted by atomic mass is 9.94. The number of anilines is 1. The molecule has 3 aromatic rings. The second-order valence-corrected chi connectivity index (χ2v) is 12.6. The highest BCUT2D eigenvalue weighted by molar-refractivity contribution is 7.14. The molecule has 0 amide bonds. The number of carbonyl (C=O) groups is 1. The second kappa shape index (κ2) is 13.1. The summed E-state index contributed by atoms with van der Waals surface area (Å²) in [5.74, 6) is -0.244. The van der Waals surface area contributed by atoms with E-state index in [-0.39, 0.29) is 12.0 Å². The number of rotatable bonds is 8. The van der Waals surface area contributed by atoms with Gasteiger partial charge in [-0.15, -0.1) is 11.3 Å². The topological polar surface area (TPSA) is 84.4 Å². The third kappa shape index (κ3) is 6.64. The smallest absolute Gasteiger partial charge is 0.308 e. The summed E-state index contributed by atoms with van der Waals surface area (Å²) in [5.41, 5.74) is 8.42. The molecule has 42 heavy (non-hydrogen) atoms. The zero-order chi connectivity index (χ0) is 29.1. The van der Waals surface area contributed by atoms with Gasteiger partial charge in [0.15, 0.2) is 5.13 Å². The van der Waals surface area contributed by atoms with Gasteiger partial charge in [0.25, 0.3) is 0 Å². The minimum atomic E-state index is -0.722. The van der Waals surface area contributed by atoms with Gasteiger partial charge in [0.2, 0.25) is 0 Å². The third-order valence-electron chi connectivity index (χ3n) is 8.86. The van der Waals surface area contributed by atoms with Crippen molar-refractivity contribution >= 4 is 22.4 Å². The zero-order valence-corrected chi connectivity index (χ0v) is 25.5. The van der Waals surface area contributed by atoms with Crippen LogP contribution in [0.5, 0.6) is 5.75 Å². The lowest BCUT2D eigenvalue weighted by Crippen LogP contribution is -2.41. The first kappa shape index (κ1) is 29.1. The molecule has 0 aliphatic carbocycles. The third-order valence-corrected chi connectivity index (χ3v) is 9.76. The fourth-order valence-electron chi connectivity index (χ4n) is 6.38. The van der Waals surface area contributed by atoms with E-state index in [1.807, 2.05) is 6.07 Å². The summed E-state index contributed by atoms with van der Waals surface area (Å²) >= 11 is 1.57. The van der Waals surface area contributed by atoms with Gasteiger partial charge in [0.1, 0.15) is 12.4 Å². The molecule has 2 aromatic carbocycles.